The van der Waals surface area contributed by atoms with Gasteiger partial charge < -0.3 is 20.1 Å². The highest BCUT2D eigenvalue weighted by Crippen LogP contribution is 2.29. The lowest BCUT2D eigenvalue weighted by molar-refractivity contribution is -0.130. The Kier molecular flexibility index (Phi) is 8.18. The number of nitrogens with one attached hydrogen (secondary N) is 2. The number of amides is 2. The molecule has 180 valence electrons. The summed E-state index contributed by atoms with van der Waals surface area (Å²) in [5.74, 6) is -0.0387. The zero-order chi connectivity index (χ0) is 24.7. The van der Waals surface area contributed by atoms with Gasteiger partial charge in [-0.3, -0.25) is 23.9 Å². The van der Waals surface area contributed by atoms with Crippen LogP contribution in [0.1, 0.15) is 25.8 Å². The summed E-state index contributed by atoms with van der Waals surface area (Å²) >= 11 is 0. The maximum atomic E-state index is 13.0. The Balaban J connectivity index is 1.75. The summed E-state index contributed by atoms with van der Waals surface area (Å²) in [5.41, 5.74) is 0.875. The summed E-state index contributed by atoms with van der Waals surface area (Å²) in [5, 5.41) is 5.90. The highest BCUT2D eigenvalue weighted by Gasteiger charge is 2.26. The van der Waals surface area contributed by atoms with Gasteiger partial charge >= 0.3 is 0 Å². The van der Waals surface area contributed by atoms with Crippen molar-refractivity contribution in [1.29, 1.82) is 0 Å². The zero-order valence-corrected chi connectivity index (χ0v) is 19.7. The number of hydrogen-bond donors (Lipinski definition) is 2. The largest absolute Gasteiger partial charge is 0.493 e. The number of hydrogen-bond acceptors (Lipinski definition) is 7. The minimum absolute atomic E-state index is 0.110. The van der Waals surface area contributed by atoms with Crippen molar-refractivity contribution in [3.63, 3.8) is 0 Å². The average Bonchev–Trinajstić information content (AvgIpc) is 2.87. The highest BCUT2D eigenvalue weighted by atomic mass is 16.5. The van der Waals surface area contributed by atoms with E-state index in [0.29, 0.717) is 35.4 Å². The number of pyridine rings is 1. The standard InChI is InChI=1S/C24H29N5O5/c1-5-15(2)22(23(31)26-12-16-7-6-8-25-11-16)28-21(30)13-29-14-27-18-10-20(34-4)19(33-3)9-17(18)24(29)32/h6-11,14-15,22H,5,12-13H2,1-4H3,(H,26,31)(H,28,30). The SMILES string of the molecule is CCC(C)C(NC(=O)Cn1cnc2cc(OC)c(OC)cc2c1=O)C(=O)NCc1cccnc1. The van der Waals surface area contributed by atoms with Crippen molar-refractivity contribution in [2.24, 2.45) is 5.92 Å². The van der Waals surface area contributed by atoms with Gasteiger partial charge in [-0.15, -0.1) is 0 Å². The first-order valence-electron chi connectivity index (χ1n) is 10.9. The van der Waals surface area contributed by atoms with Gasteiger partial charge in [0.25, 0.3) is 5.56 Å². The van der Waals surface area contributed by atoms with Gasteiger partial charge in [-0.2, -0.15) is 0 Å². The average molecular weight is 468 g/mol. The molecule has 0 radical (unpaired) electrons. The fraction of sp³-hybridized carbons (Fsp3) is 0.375. The van der Waals surface area contributed by atoms with Crippen LogP contribution in [0.25, 0.3) is 10.9 Å². The molecule has 0 aliphatic heterocycles. The highest BCUT2D eigenvalue weighted by molar-refractivity contribution is 5.88. The Labute approximate surface area is 197 Å². The molecule has 0 spiro atoms. The summed E-state index contributed by atoms with van der Waals surface area (Å²) in [6.45, 7) is 3.85. The Bertz CT molecular complexity index is 1210. The van der Waals surface area contributed by atoms with E-state index in [-0.39, 0.29) is 18.4 Å². The number of rotatable bonds is 10. The smallest absolute Gasteiger partial charge is 0.261 e. The number of benzene rings is 1. The molecular weight excluding hydrogens is 438 g/mol. The van der Waals surface area contributed by atoms with Gasteiger partial charge in [0.2, 0.25) is 11.8 Å². The molecule has 0 saturated heterocycles. The summed E-state index contributed by atoms with van der Waals surface area (Å²) in [6, 6.07) is 6.03. The number of nitrogens with zero attached hydrogens (tertiary/aromatic N) is 3. The summed E-state index contributed by atoms with van der Waals surface area (Å²) in [6.07, 6.45) is 5.31. The van der Waals surface area contributed by atoms with Crippen LogP contribution < -0.4 is 25.7 Å². The third-order valence-electron chi connectivity index (χ3n) is 5.64. The van der Waals surface area contributed by atoms with E-state index in [9.17, 15) is 14.4 Å². The Hall–Kier alpha value is -3.95. The molecule has 1 aromatic carbocycles. The molecule has 3 rings (SSSR count). The van der Waals surface area contributed by atoms with E-state index >= 15 is 0 Å². The van der Waals surface area contributed by atoms with Crippen molar-refractivity contribution in [3.8, 4) is 11.5 Å². The van der Waals surface area contributed by atoms with Crippen LogP contribution in [0.2, 0.25) is 0 Å². The van der Waals surface area contributed by atoms with Crippen LogP contribution >= 0.6 is 0 Å². The minimum Gasteiger partial charge on any atom is -0.493 e. The zero-order valence-electron chi connectivity index (χ0n) is 19.7. The number of carbonyl (C=O) groups is 2. The molecule has 2 unspecified atom stereocenters. The van der Waals surface area contributed by atoms with Crippen LogP contribution in [-0.4, -0.2) is 46.6 Å². The number of carbonyl (C=O) groups excluding carboxylic acids is 2. The molecule has 2 aromatic heterocycles. The maximum absolute atomic E-state index is 13.0. The topological polar surface area (TPSA) is 124 Å². The van der Waals surface area contributed by atoms with Gasteiger partial charge in [-0.25, -0.2) is 4.98 Å². The molecule has 34 heavy (non-hydrogen) atoms. The number of ether oxygens (including phenoxy) is 2. The van der Waals surface area contributed by atoms with Crippen molar-refractivity contribution in [1.82, 2.24) is 25.2 Å². The maximum Gasteiger partial charge on any atom is 0.261 e. The molecule has 2 N–H and O–H groups in total. The minimum atomic E-state index is -0.748. The lowest BCUT2D eigenvalue weighted by Crippen LogP contribution is -2.51. The van der Waals surface area contributed by atoms with E-state index in [4.69, 9.17) is 9.47 Å². The predicted octanol–water partition coefficient (Wildman–Crippen LogP) is 1.66. The van der Waals surface area contributed by atoms with Crippen LogP contribution in [0, 0.1) is 5.92 Å². The lowest BCUT2D eigenvalue weighted by Gasteiger charge is -2.23. The van der Waals surface area contributed by atoms with E-state index in [0.717, 1.165) is 5.56 Å². The van der Waals surface area contributed by atoms with E-state index < -0.39 is 17.5 Å². The predicted molar refractivity (Wildman–Crippen MR) is 127 cm³/mol. The number of aromatic nitrogens is 3. The lowest BCUT2D eigenvalue weighted by atomic mass is 9.98. The van der Waals surface area contributed by atoms with Gasteiger partial charge in [0.1, 0.15) is 12.6 Å². The van der Waals surface area contributed by atoms with Gasteiger partial charge in [0.15, 0.2) is 11.5 Å². The van der Waals surface area contributed by atoms with E-state index in [1.807, 2.05) is 19.9 Å². The first-order chi connectivity index (χ1) is 16.4. The second kappa shape index (κ2) is 11.3. The molecule has 2 atom stereocenters. The molecule has 0 fully saturated rings. The molecule has 0 aliphatic rings. The molecule has 0 aliphatic carbocycles. The number of fused-ring (bicyclic) bond motifs is 1. The Morgan fingerprint density at radius 3 is 2.56 bits per heavy atom. The van der Waals surface area contributed by atoms with E-state index in [2.05, 4.69) is 20.6 Å². The van der Waals surface area contributed by atoms with Gasteiger partial charge in [-0.1, -0.05) is 26.3 Å². The van der Waals surface area contributed by atoms with Gasteiger partial charge in [-0.05, 0) is 23.6 Å². The van der Waals surface area contributed by atoms with Gasteiger partial charge in [0.05, 0.1) is 31.4 Å². The van der Waals surface area contributed by atoms with E-state index in [1.54, 1.807) is 24.5 Å². The molecule has 3 aromatic rings. The molecule has 0 bridgehead atoms. The van der Waals surface area contributed by atoms with Gasteiger partial charge in [0, 0.05) is 25.0 Å². The van der Waals surface area contributed by atoms with Crippen molar-refractivity contribution in [2.45, 2.75) is 39.4 Å². The fourth-order valence-corrected chi connectivity index (χ4v) is 3.48. The first kappa shape index (κ1) is 24.7. The number of methoxy groups -OCH3 is 2. The van der Waals surface area contributed by atoms with Crippen molar-refractivity contribution in [3.05, 3.63) is 58.9 Å². The Morgan fingerprint density at radius 1 is 1.18 bits per heavy atom. The molecule has 2 heterocycles. The summed E-state index contributed by atoms with van der Waals surface area (Å²) in [4.78, 5) is 46.9. The molecular formula is C24H29N5O5. The van der Waals surface area contributed by atoms with Crippen LogP contribution in [0.4, 0.5) is 0 Å². The first-order valence-corrected chi connectivity index (χ1v) is 10.9. The molecule has 2 amide bonds. The van der Waals surface area contributed by atoms with Crippen molar-refractivity contribution in [2.75, 3.05) is 14.2 Å². The second-order valence-corrected chi connectivity index (χ2v) is 7.91. The molecule has 10 nitrogen and oxygen atoms in total. The normalized spacial score (nSPS) is 12.6. The van der Waals surface area contributed by atoms with Crippen molar-refractivity contribution >= 4 is 22.7 Å². The molecule has 0 saturated carbocycles. The second-order valence-electron chi connectivity index (χ2n) is 7.91. The van der Waals surface area contributed by atoms with Crippen LogP contribution in [0.15, 0.2) is 47.8 Å². The molecule has 10 heteroatoms. The van der Waals surface area contributed by atoms with Crippen LogP contribution in [-0.2, 0) is 22.7 Å². The Morgan fingerprint density at radius 2 is 1.91 bits per heavy atom. The quantitative estimate of drug-likeness (QED) is 0.465. The summed E-state index contributed by atoms with van der Waals surface area (Å²) in [7, 11) is 2.97. The monoisotopic (exact) mass is 467 g/mol. The third kappa shape index (κ3) is 5.69. The van der Waals surface area contributed by atoms with Crippen molar-refractivity contribution < 1.29 is 19.1 Å². The third-order valence-corrected chi connectivity index (χ3v) is 5.64. The fourth-order valence-electron chi connectivity index (χ4n) is 3.48. The van der Waals surface area contributed by atoms with Crippen LogP contribution in [0.3, 0.4) is 0 Å². The summed E-state index contributed by atoms with van der Waals surface area (Å²) < 4.78 is 11.7. The van der Waals surface area contributed by atoms with Crippen LogP contribution in [0.5, 0.6) is 11.5 Å². The van der Waals surface area contributed by atoms with E-state index in [1.165, 1.54) is 31.2 Å².